The molecule has 6 rings (SSSR count). The number of benzene rings is 2. The van der Waals surface area contributed by atoms with Crippen molar-refractivity contribution < 1.29 is 58.2 Å². The molecule has 2 saturated heterocycles. The number of aromatic hydroxyl groups is 1. The Bertz CT molecular complexity index is 3050. The minimum Gasteiger partial charge on any atom is -0.508 e. The number of aromatic nitrogens is 3. The highest BCUT2D eigenvalue weighted by Gasteiger charge is 2.40. The van der Waals surface area contributed by atoms with Crippen LogP contribution in [0.3, 0.4) is 0 Å². The van der Waals surface area contributed by atoms with Gasteiger partial charge < -0.3 is 79.1 Å². The number of aliphatic hydroxyl groups excluding tert-OH is 1. The molecule has 2 aromatic heterocycles. The van der Waals surface area contributed by atoms with E-state index in [2.05, 4.69) is 62.5 Å². The molecule has 0 aliphatic carbocycles. The summed E-state index contributed by atoms with van der Waals surface area (Å²) in [6.45, 7) is 8.66. The highest BCUT2D eigenvalue weighted by Crippen LogP contribution is 2.23. The number of ketones is 1. The molecule has 0 radical (unpaired) electrons. The highest BCUT2D eigenvalue weighted by molar-refractivity contribution is 5.99. The first-order valence-corrected chi connectivity index (χ1v) is 29.7. The number of aromatic amines is 2. The number of para-hydroxylation sites is 1. The number of aliphatic hydroxyl groups is 1. The van der Waals surface area contributed by atoms with Crippen molar-refractivity contribution in [3.63, 3.8) is 0 Å². The van der Waals surface area contributed by atoms with Crippen LogP contribution in [0.15, 0.2) is 72.2 Å². The molecule has 9 amide bonds. The molecule has 472 valence electrons. The normalized spacial score (nSPS) is 17.2. The highest BCUT2D eigenvalue weighted by atomic mass is 16.3. The van der Waals surface area contributed by atoms with Crippen LogP contribution in [0.5, 0.6) is 5.75 Å². The van der Waals surface area contributed by atoms with E-state index in [0.29, 0.717) is 60.9 Å². The predicted octanol–water partition coefficient (Wildman–Crippen LogP) is -0.205. The number of nitrogens with one attached hydrogen (secondary N) is 10. The van der Waals surface area contributed by atoms with Crippen molar-refractivity contribution in [2.45, 2.75) is 172 Å². The molecular formula is C60H85N15O12. The number of nitrogens with zero attached hydrogens (tertiary/aromatic N) is 3. The van der Waals surface area contributed by atoms with E-state index in [4.69, 9.17) is 11.5 Å². The van der Waals surface area contributed by atoms with Gasteiger partial charge in [0.1, 0.15) is 54.1 Å². The summed E-state index contributed by atoms with van der Waals surface area (Å²) in [5.41, 5.74) is 13.3. The number of imidazole rings is 1. The van der Waals surface area contributed by atoms with Gasteiger partial charge in [-0.3, -0.25) is 52.9 Å². The second-order valence-corrected chi connectivity index (χ2v) is 23.1. The molecule has 4 heterocycles. The van der Waals surface area contributed by atoms with Crippen LogP contribution in [0.2, 0.25) is 0 Å². The van der Waals surface area contributed by atoms with Gasteiger partial charge in [0.15, 0.2) is 11.7 Å². The Morgan fingerprint density at radius 3 is 1.86 bits per heavy atom. The fraction of sp³-hybridized carbons (Fsp3) is 0.533. The zero-order valence-electron chi connectivity index (χ0n) is 50.0. The monoisotopic (exact) mass is 1210 g/mol. The molecule has 2 aliphatic rings. The molecule has 6 unspecified atom stereocenters. The Kier molecular flexibility index (Phi) is 25.2. The standard InChI is InChI=1S/C60H85N15O12/c1-6-11-50(78)49-15-10-23-75(49)59(87)42(14-9-22-64-60(61)62)68-53(81)43(24-33(2)3)69-54(82)44(25-34(4)5)70-55(83)45(26-35-16-18-38(77)19-17-35)71-58(86)48(31-76)74-56(84)46(27-36-29-65-40-13-8-7-12-39(36)40)72-57(85)47(28-37-30-63-32-66-37)73-52(80)41-20-21-51(79)67-41/h7-8,12-13,16-19,29-30,32-34,41-49,65,76-77H,6,9-11,14-15,20-28,31H2,1-5H3,(H,63,66)(H,67,79)(H,68,81)(H,69,82)(H,70,83)(H,71,86)(H,72,85)(H,73,80)(H,74,84)(H4,61,62,64)/t41?,42?,43-,44?,45-,46-,47?,48?,49?/m0/s1. The Balaban J connectivity index is 1.22. The number of hydrogen-bond acceptors (Lipinski definition) is 14. The SMILES string of the molecule is CCCC(=O)C1CCCN1C(=O)C(CCCN=C(N)N)NC(=O)[C@H](CC(C)C)NC(=O)C(CC(C)C)NC(=O)[C@H](Cc1ccc(O)cc1)NC(=O)C(CO)NC(=O)[C@H](Cc1c[nH]c2ccccc12)NC(=O)C(Cc1cnc[nH]1)NC(=O)C1CCC(=O)N1. The number of aliphatic imine (C=N–C) groups is 1. The number of rotatable bonds is 33. The molecule has 16 N–H and O–H groups in total. The van der Waals surface area contributed by atoms with Crippen molar-refractivity contribution in [2.75, 3.05) is 19.7 Å². The molecule has 2 aromatic carbocycles. The molecule has 2 fully saturated rings. The fourth-order valence-corrected chi connectivity index (χ4v) is 10.7. The molecule has 0 bridgehead atoms. The molecule has 0 saturated carbocycles. The Morgan fingerprint density at radius 2 is 1.29 bits per heavy atom. The van der Waals surface area contributed by atoms with Gasteiger partial charge in [-0.15, -0.1) is 0 Å². The van der Waals surface area contributed by atoms with E-state index in [1.807, 2.05) is 46.8 Å². The number of carbonyl (C=O) groups excluding carboxylic acids is 10. The number of amides is 9. The van der Waals surface area contributed by atoms with E-state index < -0.39 is 108 Å². The molecule has 27 nitrogen and oxygen atoms in total. The molecule has 27 heteroatoms. The zero-order valence-corrected chi connectivity index (χ0v) is 50.0. The van der Waals surface area contributed by atoms with Gasteiger partial charge >= 0.3 is 0 Å². The van der Waals surface area contributed by atoms with Gasteiger partial charge in [-0.2, -0.15) is 0 Å². The maximum absolute atomic E-state index is 14.7. The van der Waals surface area contributed by atoms with E-state index in [-0.39, 0.29) is 93.1 Å². The summed E-state index contributed by atoms with van der Waals surface area (Å²) in [6, 6.07) is 1.77. The third kappa shape index (κ3) is 20.1. The van der Waals surface area contributed by atoms with E-state index in [9.17, 15) is 58.2 Å². The summed E-state index contributed by atoms with van der Waals surface area (Å²) in [5.74, 6) is -7.20. The summed E-state index contributed by atoms with van der Waals surface area (Å²) in [7, 11) is 0. The maximum Gasteiger partial charge on any atom is 0.245 e. The lowest BCUT2D eigenvalue weighted by atomic mass is 9.98. The number of Topliss-reactive ketones (excluding diaryl/α,β-unsaturated/α-hetero) is 1. The van der Waals surface area contributed by atoms with Crippen LogP contribution in [-0.2, 0) is 67.2 Å². The Morgan fingerprint density at radius 1 is 0.713 bits per heavy atom. The van der Waals surface area contributed by atoms with Gasteiger partial charge in [0.05, 0.1) is 19.0 Å². The smallest absolute Gasteiger partial charge is 0.245 e. The van der Waals surface area contributed by atoms with E-state index in [1.54, 1.807) is 18.3 Å². The first-order chi connectivity index (χ1) is 41.5. The Labute approximate surface area is 504 Å². The third-order valence-electron chi connectivity index (χ3n) is 15.1. The first-order valence-electron chi connectivity index (χ1n) is 29.7. The lowest BCUT2D eigenvalue weighted by molar-refractivity contribution is -0.141. The summed E-state index contributed by atoms with van der Waals surface area (Å²) >= 11 is 0. The molecule has 87 heavy (non-hydrogen) atoms. The van der Waals surface area contributed by atoms with Crippen LogP contribution in [0, 0.1) is 11.8 Å². The van der Waals surface area contributed by atoms with Crippen molar-refractivity contribution in [3.05, 3.63) is 84.1 Å². The molecular weight excluding hydrogens is 1120 g/mol. The third-order valence-corrected chi connectivity index (χ3v) is 15.1. The van der Waals surface area contributed by atoms with Crippen LogP contribution < -0.4 is 54.0 Å². The van der Waals surface area contributed by atoms with E-state index >= 15 is 0 Å². The van der Waals surface area contributed by atoms with Gasteiger partial charge in [-0.25, -0.2) is 4.98 Å². The van der Waals surface area contributed by atoms with Crippen molar-refractivity contribution in [1.29, 1.82) is 0 Å². The quantitative estimate of drug-likeness (QED) is 0.0167. The van der Waals surface area contributed by atoms with Gasteiger partial charge in [0.2, 0.25) is 53.2 Å². The second kappa shape index (κ2) is 32.6. The van der Waals surface area contributed by atoms with Gasteiger partial charge in [0.25, 0.3) is 0 Å². The average Bonchev–Trinajstić information content (AvgIpc) is 2.39. The van der Waals surface area contributed by atoms with E-state index in [0.717, 1.165) is 5.52 Å². The summed E-state index contributed by atoms with van der Waals surface area (Å²) in [6.07, 6.45) is 6.87. The summed E-state index contributed by atoms with van der Waals surface area (Å²) < 4.78 is 0. The molecule has 9 atom stereocenters. The summed E-state index contributed by atoms with van der Waals surface area (Å²) in [4.78, 5) is 155. The lowest BCUT2D eigenvalue weighted by Crippen LogP contribution is -2.61. The number of hydrogen-bond donors (Lipinski definition) is 14. The average molecular weight is 1210 g/mol. The van der Waals surface area contributed by atoms with Crippen LogP contribution in [0.1, 0.15) is 116 Å². The molecule has 0 spiro atoms. The summed E-state index contributed by atoms with van der Waals surface area (Å²) in [5, 5.41) is 43.2. The minimum atomic E-state index is -1.75. The second-order valence-electron chi connectivity index (χ2n) is 23.1. The van der Waals surface area contributed by atoms with Crippen LogP contribution in [-0.4, -0.2) is 169 Å². The first kappa shape index (κ1) is 67.2. The van der Waals surface area contributed by atoms with Gasteiger partial charge in [-0.05, 0) is 92.5 Å². The minimum absolute atomic E-state index is 0.0456. The van der Waals surface area contributed by atoms with Gasteiger partial charge in [-0.1, -0.05) is 65.0 Å². The lowest BCUT2D eigenvalue weighted by Gasteiger charge is -2.31. The van der Waals surface area contributed by atoms with Crippen molar-refractivity contribution in [3.8, 4) is 5.75 Å². The number of phenols is 1. The number of likely N-dealkylation sites (tertiary alicyclic amines) is 1. The number of nitrogens with two attached hydrogens (primary N) is 2. The Hall–Kier alpha value is -8.88. The largest absolute Gasteiger partial charge is 0.508 e. The van der Waals surface area contributed by atoms with Crippen molar-refractivity contribution >= 4 is 75.8 Å². The number of H-pyrrole nitrogens is 2. The van der Waals surface area contributed by atoms with Crippen LogP contribution >= 0.6 is 0 Å². The van der Waals surface area contributed by atoms with Crippen LogP contribution in [0.25, 0.3) is 10.9 Å². The number of carbonyl (C=O) groups is 10. The maximum atomic E-state index is 14.7. The number of fused-ring (bicyclic) bond motifs is 1. The predicted molar refractivity (Wildman–Crippen MR) is 321 cm³/mol. The van der Waals surface area contributed by atoms with Crippen LogP contribution in [0.4, 0.5) is 0 Å². The number of phenolic OH excluding ortho intramolecular Hbond substituents is 1. The zero-order chi connectivity index (χ0) is 63.3. The molecule has 4 aromatic rings. The van der Waals surface area contributed by atoms with Crippen molar-refractivity contribution in [1.82, 2.24) is 62.4 Å². The number of guanidine groups is 1. The van der Waals surface area contributed by atoms with E-state index in [1.165, 1.54) is 41.7 Å². The fourth-order valence-electron chi connectivity index (χ4n) is 10.7. The van der Waals surface area contributed by atoms with Crippen molar-refractivity contribution in [2.24, 2.45) is 28.3 Å². The van der Waals surface area contributed by atoms with Gasteiger partial charge in [0, 0.05) is 74.2 Å². The topological polar surface area (TPSA) is 420 Å². The molecule has 2 aliphatic heterocycles.